The minimum Gasteiger partial charge on any atom is -0.477 e. The van der Waals surface area contributed by atoms with E-state index in [1.54, 1.807) is 36.4 Å². The smallest absolute Gasteiger partial charge is 0.364 e. The van der Waals surface area contributed by atoms with E-state index in [0.29, 0.717) is 23.5 Å². The Kier molecular flexibility index (Phi) is 27.2. The first kappa shape index (κ1) is 73.7. The van der Waals surface area contributed by atoms with E-state index in [1.165, 1.54) is 36.0 Å². The zero-order valence-corrected chi connectivity index (χ0v) is 53.2. The number of aldehydes is 1. The monoisotopic (exact) mass is 1350 g/mol. The molecule has 29 nitrogen and oxygen atoms in total. The van der Waals surface area contributed by atoms with Gasteiger partial charge in [-0.25, -0.2) is 4.79 Å². The van der Waals surface area contributed by atoms with Crippen molar-refractivity contribution in [2.24, 2.45) is 0 Å². The van der Waals surface area contributed by atoms with E-state index in [9.17, 15) is 87.9 Å². The maximum atomic E-state index is 13.0. The third-order valence-corrected chi connectivity index (χ3v) is 18.3. The maximum absolute atomic E-state index is 13.0. The first-order valence-electron chi connectivity index (χ1n) is 30.4. The van der Waals surface area contributed by atoms with Gasteiger partial charge in [-0.1, -0.05) is 72.8 Å². The van der Waals surface area contributed by atoms with Gasteiger partial charge in [0, 0.05) is 99.3 Å². The SMILES string of the molecule is CC(=O)N[C@H]1[C@H]([C@H](O)[C@H](O)CNc2c(NCc3ccccc3)c(=O)c2=O)O[C@](C=O)(OCCCS(=O)CCNC(=O)c2ccc(C(=O)CCCSCCCO[C@]3(C(=O)O)C[C@H](O)[C@@H](NC(C)=O)[C@H]([C@H](O)[C@H](O)CNc4c(NCc5ccccc5)c(=O)c4=O)O3)cc2)C[C@@H]1O. The summed E-state index contributed by atoms with van der Waals surface area (Å²) in [5, 5.41) is 96.0. The molecular formula is C63H79N7O22S2. The standard InChI is InChI=1S/C63H79N7O22S2/c1-35(72)69-46-42(75)28-62(34-71,91-58(46)52(79)44(77)32-67-50-48(54(81)56(50)83)65-30-37-12-5-3-6-13-37)89-23-11-26-94(88)27-21-64-60(85)40-19-17-39(18-20-40)41(74)16-9-24-93-25-10-22-90-63(61(86)87)29-43(76)47(70-36(2)73)59(92-63)53(80)45(78)33-68-51-49(55(82)57(51)84)66-31-38-14-7-4-8-15-38/h3-8,12-15,17-20,34,42-47,52-53,58-59,65-68,75-80H,9-11,16,21-33H2,1-2H3,(H,64,85)(H,69,72)(H,70,73)(H,86,87)/t42-,43-,44+,45+,46+,47+,52+,53+,58+,59+,62+,63+,94?/m0/s1. The number of aliphatic hydroxyl groups is 6. The Morgan fingerprint density at radius 2 is 1.10 bits per heavy atom. The average Bonchev–Trinajstić information content (AvgIpc) is 0.829. The molecule has 2 fully saturated rings. The topological polar surface area (TPSA) is 451 Å². The molecule has 2 heterocycles. The number of benzene rings is 3. The number of ether oxygens (including phenoxy) is 4. The Morgan fingerprint density at radius 3 is 1.60 bits per heavy atom. The molecule has 14 N–H and O–H groups in total. The Morgan fingerprint density at radius 1 is 0.628 bits per heavy atom. The number of ketones is 1. The van der Waals surface area contributed by atoms with Gasteiger partial charge in [-0.2, -0.15) is 11.8 Å². The molecule has 5 aromatic carbocycles. The van der Waals surface area contributed by atoms with E-state index in [2.05, 4.69) is 37.2 Å². The third-order valence-electron chi connectivity index (χ3n) is 15.7. The van der Waals surface area contributed by atoms with Crippen LogP contribution < -0.4 is 58.9 Å². The fourth-order valence-electron chi connectivity index (χ4n) is 10.7. The van der Waals surface area contributed by atoms with Crippen molar-refractivity contribution in [2.75, 3.05) is 77.1 Å². The highest BCUT2D eigenvalue weighted by Crippen LogP contribution is 2.35. The quantitative estimate of drug-likeness (QED) is 0.00945. The Bertz CT molecular complexity index is 3550. The summed E-state index contributed by atoms with van der Waals surface area (Å²) in [5.41, 5.74) is -1.36. The van der Waals surface area contributed by atoms with Crippen LogP contribution >= 0.6 is 11.8 Å². The summed E-state index contributed by atoms with van der Waals surface area (Å²) in [6.45, 7) is 1.25. The fourth-order valence-corrected chi connectivity index (χ4v) is 12.5. The van der Waals surface area contributed by atoms with Gasteiger partial charge < -0.3 is 91.9 Å². The van der Waals surface area contributed by atoms with Crippen LogP contribution in [0, 0.1) is 0 Å². The van der Waals surface area contributed by atoms with Crippen LogP contribution in [-0.4, -0.2) is 204 Å². The van der Waals surface area contributed by atoms with Gasteiger partial charge in [-0.3, -0.25) is 47.4 Å². The molecule has 1 unspecified atom stereocenters. The van der Waals surface area contributed by atoms with Crippen LogP contribution in [0.2, 0.25) is 0 Å². The van der Waals surface area contributed by atoms with Crippen molar-refractivity contribution in [3.05, 3.63) is 148 Å². The fraction of sp³-hybridized carbons (Fsp3) is 0.492. The van der Waals surface area contributed by atoms with Gasteiger partial charge in [0.15, 0.2) is 12.1 Å². The van der Waals surface area contributed by atoms with E-state index in [-0.39, 0.29) is 104 Å². The molecule has 13 atom stereocenters. The summed E-state index contributed by atoms with van der Waals surface area (Å²) in [4.78, 5) is 125. The molecular weight excluding hydrogens is 1270 g/mol. The van der Waals surface area contributed by atoms with Gasteiger partial charge in [0.25, 0.3) is 33.4 Å². The summed E-state index contributed by atoms with van der Waals surface area (Å²) in [7, 11) is -1.50. The first-order valence-corrected chi connectivity index (χ1v) is 33.0. The zero-order chi connectivity index (χ0) is 68.3. The number of rotatable bonds is 39. The largest absolute Gasteiger partial charge is 0.477 e. The van der Waals surface area contributed by atoms with Gasteiger partial charge in [0.1, 0.15) is 47.2 Å². The molecule has 0 aromatic heterocycles. The van der Waals surface area contributed by atoms with Gasteiger partial charge in [-0.05, 0) is 54.0 Å². The number of nitrogens with one attached hydrogen (secondary N) is 7. The molecule has 5 aromatic rings. The first-order chi connectivity index (χ1) is 44.9. The van der Waals surface area contributed by atoms with Crippen molar-refractivity contribution in [2.45, 2.75) is 138 Å². The second kappa shape index (κ2) is 34.7. The molecule has 0 spiro atoms. The number of thioether (sulfide) groups is 1. The number of carbonyl (C=O) groups excluding carboxylic acids is 5. The molecule has 0 radical (unpaired) electrons. The summed E-state index contributed by atoms with van der Waals surface area (Å²) in [6.07, 6.45) is -13.9. The van der Waals surface area contributed by atoms with Crippen molar-refractivity contribution in [1.29, 1.82) is 0 Å². The lowest BCUT2D eigenvalue weighted by molar-refractivity contribution is -0.310. The Hall–Kier alpha value is -7.66. The lowest BCUT2D eigenvalue weighted by Crippen LogP contribution is -2.68. The van der Waals surface area contributed by atoms with Crippen molar-refractivity contribution in [1.82, 2.24) is 16.0 Å². The number of hydrogen-bond acceptors (Lipinski definition) is 26. The summed E-state index contributed by atoms with van der Waals surface area (Å²) in [5.74, 6) is -7.24. The number of aliphatic carboxylic acids is 1. The van der Waals surface area contributed by atoms with Gasteiger partial charge in [-0.15, -0.1) is 0 Å². The number of anilines is 4. The number of carboxylic acid groups (broad SMARTS) is 1. The minimum atomic E-state index is -2.52. The normalized spacial score (nSPS) is 22.8. The number of carbonyl (C=O) groups is 6. The molecule has 2 aliphatic rings. The van der Waals surface area contributed by atoms with Crippen LogP contribution in [0.5, 0.6) is 0 Å². The van der Waals surface area contributed by atoms with Crippen LogP contribution in [-0.2, 0) is 62.0 Å². The molecule has 0 aliphatic carbocycles. The highest BCUT2D eigenvalue weighted by atomic mass is 32.2. The van der Waals surface area contributed by atoms with Crippen molar-refractivity contribution >= 4 is 81.1 Å². The lowest BCUT2D eigenvalue weighted by Gasteiger charge is -2.46. The maximum Gasteiger partial charge on any atom is 0.364 e. The second-order valence-electron chi connectivity index (χ2n) is 22.7. The summed E-state index contributed by atoms with van der Waals surface area (Å²) >= 11 is 1.45. The molecule has 3 amide bonds. The van der Waals surface area contributed by atoms with Gasteiger partial charge in [0.2, 0.25) is 17.6 Å². The molecule has 0 bridgehead atoms. The highest BCUT2D eigenvalue weighted by Gasteiger charge is 2.56. The predicted molar refractivity (Wildman–Crippen MR) is 345 cm³/mol. The minimum absolute atomic E-state index is 0.0108. The average molecular weight is 1350 g/mol. The number of Topliss-reactive ketones (excluding diaryl/α,β-unsaturated/α-hetero) is 1. The number of carboxylic acids is 1. The third kappa shape index (κ3) is 19.5. The van der Waals surface area contributed by atoms with Crippen molar-refractivity contribution < 1.29 is 87.7 Å². The van der Waals surface area contributed by atoms with E-state index < -0.39 is 155 Å². The molecule has 31 heteroatoms. The molecule has 0 saturated carbocycles. The summed E-state index contributed by atoms with van der Waals surface area (Å²) in [6, 6.07) is 21.3. The van der Waals surface area contributed by atoms with Crippen molar-refractivity contribution in [3.63, 3.8) is 0 Å². The van der Waals surface area contributed by atoms with E-state index in [1.807, 2.05) is 24.3 Å². The van der Waals surface area contributed by atoms with Crippen LogP contribution in [0.25, 0.3) is 0 Å². The number of aliphatic hydroxyl groups excluding tert-OH is 6. The van der Waals surface area contributed by atoms with Crippen LogP contribution in [0.3, 0.4) is 0 Å². The van der Waals surface area contributed by atoms with Crippen LogP contribution in [0.1, 0.15) is 84.2 Å². The van der Waals surface area contributed by atoms with Crippen LogP contribution in [0.15, 0.2) is 104 Å². The second-order valence-corrected chi connectivity index (χ2v) is 25.7. The van der Waals surface area contributed by atoms with E-state index in [4.69, 9.17) is 18.9 Å². The molecule has 94 heavy (non-hydrogen) atoms. The molecule has 2 aliphatic heterocycles. The zero-order valence-electron chi connectivity index (χ0n) is 51.5. The van der Waals surface area contributed by atoms with Crippen LogP contribution in [0.4, 0.5) is 22.7 Å². The van der Waals surface area contributed by atoms with E-state index >= 15 is 0 Å². The highest BCUT2D eigenvalue weighted by molar-refractivity contribution is 7.99. The Labute approximate surface area is 545 Å². The van der Waals surface area contributed by atoms with Gasteiger partial charge in [0.05, 0.1) is 49.7 Å². The van der Waals surface area contributed by atoms with E-state index in [0.717, 1.165) is 25.0 Å². The Balaban J connectivity index is 0.783. The predicted octanol–water partition coefficient (Wildman–Crippen LogP) is -1.26. The lowest BCUT2D eigenvalue weighted by atomic mass is 9.88. The number of amides is 3. The number of hydrogen-bond donors (Lipinski definition) is 14. The van der Waals surface area contributed by atoms with Crippen molar-refractivity contribution in [3.8, 4) is 0 Å². The van der Waals surface area contributed by atoms with Gasteiger partial charge >= 0.3 is 5.97 Å². The summed E-state index contributed by atoms with van der Waals surface area (Å²) < 4.78 is 36.2. The molecule has 7 rings (SSSR count). The molecule has 2 saturated heterocycles. The molecule has 510 valence electrons.